The van der Waals surface area contributed by atoms with E-state index >= 15 is 0 Å². The minimum atomic E-state index is -0.330. The van der Waals surface area contributed by atoms with Crippen LogP contribution in [0.4, 0.5) is 4.39 Å². The molecule has 1 aromatic carbocycles. The fraction of sp³-hybridized carbons (Fsp3) is 0.286. The minimum absolute atomic E-state index is 0.304. The summed E-state index contributed by atoms with van der Waals surface area (Å²) in [5, 5.41) is 15.0. The van der Waals surface area contributed by atoms with E-state index in [1.807, 2.05) is 25.3 Å². The molecule has 1 heterocycles. The maximum Gasteiger partial charge on any atom is 0.127 e. The lowest BCUT2D eigenvalue weighted by Gasteiger charge is -2.24. The van der Waals surface area contributed by atoms with Crippen molar-refractivity contribution < 1.29 is 4.39 Å². The van der Waals surface area contributed by atoms with E-state index in [1.54, 1.807) is 23.6 Å². The molecule has 0 bridgehead atoms. The Balaban J connectivity index is 2.13. The molecule has 0 fully saturated rings. The summed E-state index contributed by atoms with van der Waals surface area (Å²) in [5.41, 5.74) is 0.623. The van der Waals surface area contributed by atoms with E-state index in [0.29, 0.717) is 17.7 Å². The zero-order valence-electron chi connectivity index (χ0n) is 10.8. The van der Waals surface area contributed by atoms with Gasteiger partial charge in [0.05, 0.1) is 17.2 Å². The number of thiazole rings is 1. The molecule has 0 aliphatic rings. The second kappa shape index (κ2) is 5.47. The average molecular weight is 275 g/mol. The lowest BCUT2D eigenvalue weighted by atomic mass is 10.1. The Morgan fingerprint density at radius 1 is 1.47 bits per heavy atom. The third-order valence-electron chi connectivity index (χ3n) is 2.86. The molecule has 1 N–H and O–H groups in total. The lowest BCUT2D eigenvalue weighted by Crippen LogP contribution is -2.36. The van der Waals surface area contributed by atoms with Gasteiger partial charge >= 0.3 is 0 Å². The zero-order valence-corrected chi connectivity index (χ0v) is 11.6. The molecular weight excluding hydrogens is 261 g/mol. The second-order valence-electron chi connectivity index (χ2n) is 4.73. The van der Waals surface area contributed by atoms with Gasteiger partial charge in [0.15, 0.2) is 0 Å². The number of hydrogen-bond donors (Lipinski definition) is 1. The van der Waals surface area contributed by atoms with Crippen molar-refractivity contribution in [3.8, 4) is 6.07 Å². The first kappa shape index (κ1) is 13.7. The van der Waals surface area contributed by atoms with Crippen molar-refractivity contribution in [2.45, 2.75) is 25.9 Å². The second-order valence-corrected chi connectivity index (χ2v) is 5.63. The van der Waals surface area contributed by atoms with Gasteiger partial charge < -0.3 is 5.32 Å². The molecule has 0 unspecified atom stereocenters. The van der Waals surface area contributed by atoms with Crippen molar-refractivity contribution in [3.05, 3.63) is 51.7 Å². The molecule has 3 nitrogen and oxygen atoms in total. The minimum Gasteiger partial charge on any atom is -0.302 e. The van der Waals surface area contributed by atoms with Crippen LogP contribution in [-0.2, 0) is 12.1 Å². The first-order chi connectivity index (χ1) is 9.03. The molecular formula is C14H14FN3S. The molecule has 2 rings (SSSR count). The number of nitrogens with one attached hydrogen (secondary N) is 1. The highest BCUT2D eigenvalue weighted by atomic mass is 32.1. The normalized spacial score (nSPS) is 11.3. The Hall–Kier alpha value is -1.77. The molecule has 98 valence electrons. The number of rotatable bonds is 4. The van der Waals surface area contributed by atoms with Gasteiger partial charge in [0.1, 0.15) is 10.8 Å². The van der Waals surface area contributed by atoms with Gasteiger partial charge in [-0.05, 0) is 32.0 Å². The van der Waals surface area contributed by atoms with Crippen LogP contribution in [0.3, 0.4) is 0 Å². The third-order valence-corrected chi connectivity index (χ3v) is 3.96. The van der Waals surface area contributed by atoms with Crippen LogP contribution >= 0.6 is 11.3 Å². The van der Waals surface area contributed by atoms with Crippen molar-refractivity contribution in [1.82, 2.24) is 10.3 Å². The number of nitrogens with zero attached hydrogens (tertiary/aromatic N) is 2. The average Bonchev–Trinajstić information content (AvgIpc) is 2.92. The van der Waals surface area contributed by atoms with Crippen molar-refractivity contribution in [2.24, 2.45) is 0 Å². The summed E-state index contributed by atoms with van der Waals surface area (Å²) in [4.78, 5) is 4.27. The maximum atomic E-state index is 13.7. The van der Waals surface area contributed by atoms with Gasteiger partial charge in [-0.15, -0.1) is 11.3 Å². The highest BCUT2D eigenvalue weighted by Crippen LogP contribution is 2.23. The largest absolute Gasteiger partial charge is 0.302 e. The van der Waals surface area contributed by atoms with Crippen LogP contribution in [-0.4, -0.2) is 4.98 Å². The lowest BCUT2D eigenvalue weighted by molar-refractivity contribution is 0.394. The van der Waals surface area contributed by atoms with E-state index in [9.17, 15) is 4.39 Å². The smallest absolute Gasteiger partial charge is 0.127 e. The van der Waals surface area contributed by atoms with Crippen LogP contribution in [0.5, 0.6) is 0 Å². The van der Waals surface area contributed by atoms with Crippen molar-refractivity contribution >= 4 is 11.3 Å². The SMILES string of the molecule is CC(C)(NCc1cc(C#N)ccc1F)c1nccs1. The number of halogens is 1. The van der Waals surface area contributed by atoms with E-state index in [4.69, 9.17) is 5.26 Å². The Morgan fingerprint density at radius 2 is 2.26 bits per heavy atom. The number of hydrogen-bond acceptors (Lipinski definition) is 4. The van der Waals surface area contributed by atoms with Crippen molar-refractivity contribution in [1.29, 1.82) is 5.26 Å². The Labute approximate surface area is 115 Å². The van der Waals surface area contributed by atoms with E-state index in [0.717, 1.165) is 5.01 Å². The van der Waals surface area contributed by atoms with Gasteiger partial charge in [0, 0.05) is 23.7 Å². The van der Waals surface area contributed by atoms with Crippen LogP contribution in [0.2, 0.25) is 0 Å². The molecule has 1 aromatic heterocycles. The van der Waals surface area contributed by atoms with Gasteiger partial charge in [0.2, 0.25) is 0 Å². The molecule has 0 aliphatic heterocycles. The highest BCUT2D eigenvalue weighted by Gasteiger charge is 2.22. The van der Waals surface area contributed by atoms with Gasteiger partial charge in [0.25, 0.3) is 0 Å². The first-order valence-electron chi connectivity index (χ1n) is 5.86. The van der Waals surface area contributed by atoms with Crippen LogP contribution < -0.4 is 5.32 Å². The third kappa shape index (κ3) is 3.16. The molecule has 0 saturated heterocycles. The van der Waals surface area contributed by atoms with Gasteiger partial charge in [-0.25, -0.2) is 9.37 Å². The van der Waals surface area contributed by atoms with Gasteiger partial charge in [-0.3, -0.25) is 0 Å². The quantitative estimate of drug-likeness (QED) is 0.932. The molecule has 0 saturated carbocycles. The van der Waals surface area contributed by atoms with E-state index < -0.39 is 0 Å². The number of aromatic nitrogens is 1. The maximum absolute atomic E-state index is 13.7. The summed E-state index contributed by atoms with van der Waals surface area (Å²) in [5.74, 6) is -0.304. The Bertz CT molecular complexity index is 600. The summed E-state index contributed by atoms with van der Waals surface area (Å²) in [6.45, 7) is 4.35. The summed E-state index contributed by atoms with van der Waals surface area (Å²) >= 11 is 1.56. The van der Waals surface area contributed by atoms with Gasteiger partial charge in [-0.1, -0.05) is 0 Å². The van der Waals surface area contributed by atoms with Crippen molar-refractivity contribution in [3.63, 3.8) is 0 Å². The van der Waals surface area contributed by atoms with Crippen LogP contribution in [0, 0.1) is 17.1 Å². The fourth-order valence-electron chi connectivity index (χ4n) is 1.70. The summed E-state index contributed by atoms with van der Waals surface area (Å²) in [6.07, 6.45) is 1.75. The number of benzene rings is 1. The Kier molecular flexibility index (Phi) is 3.93. The molecule has 19 heavy (non-hydrogen) atoms. The van der Waals surface area contributed by atoms with E-state index in [2.05, 4.69) is 10.3 Å². The van der Waals surface area contributed by atoms with E-state index in [-0.39, 0.29) is 11.4 Å². The molecule has 0 atom stereocenters. The van der Waals surface area contributed by atoms with Gasteiger partial charge in [-0.2, -0.15) is 5.26 Å². The number of nitriles is 1. The zero-order chi connectivity index (χ0) is 13.9. The monoisotopic (exact) mass is 275 g/mol. The molecule has 0 spiro atoms. The Morgan fingerprint density at radius 3 is 2.89 bits per heavy atom. The standard InChI is InChI=1S/C14H14FN3S/c1-14(2,13-17-5-6-19-13)18-9-11-7-10(8-16)3-4-12(11)15/h3-7,18H,9H2,1-2H3. The predicted octanol–water partition coefficient (Wildman–Crippen LogP) is 3.18. The highest BCUT2D eigenvalue weighted by molar-refractivity contribution is 7.09. The predicted molar refractivity (Wildman–Crippen MR) is 73.1 cm³/mol. The molecule has 0 radical (unpaired) electrons. The van der Waals surface area contributed by atoms with E-state index in [1.165, 1.54) is 12.1 Å². The molecule has 0 amide bonds. The molecule has 2 aromatic rings. The summed E-state index contributed by atoms with van der Waals surface area (Å²) in [7, 11) is 0. The summed E-state index contributed by atoms with van der Waals surface area (Å²) in [6, 6.07) is 6.39. The molecule has 0 aliphatic carbocycles. The van der Waals surface area contributed by atoms with Crippen LogP contribution in [0.1, 0.15) is 30.0 Å². The fourth-order valence-corrected chi connectivity index (χ4v) is 2.44. The molecule has 5 heteroatoms. The van der Waals surface area contributed by atoms with Crippen molar-refractivity contribution in [2.75, 3.05) is 0 Å². The topological polar surface area (TPSA) is 48.7 Å². The first-order valence-corrected chi connectivity index (χ1v) is 6.74. The van der Waals surface area contributed by atoms with Crippen LogP contribution in [0.15, 0.2) is 29.8 Å². The summed E-state index contributed by atoms with van der Waals surface area (Å²) < 4.78 is 13.7. The van der Waals surface area contributed by atoms with Crippen LogP contribution in [0.25, 0.3) is 0 Å².